The summed E-state index contributed by atoms with van der Waals surface area (Å²) in [6, 6.07) is 9.34. The molecule has 1 aliphatic rings. The second-order valence-electron chi connectivity index (χ2n) is 7.17. The molecule has 0 radical (unpaired) electrons. The third-order valence-electron chi connectivity index (χ3n) is 4.92. The van der Waals surface area contributed by atoms with Crippen LogP contribution < -0.4 is 11.1 Å². The van der Waals surface area contributed by atoms with Crippen molar-refractivity contribution in [3.05, 3.63) is 52.0 Å². The average molecular weight is 433 g/mol. The lowest BCUT2D eigenvalue weighted by Gasteiger charge is -2.23. The summed E-state index contributed by atoms with van der Waals surface area (Å²) in [5, 5.41) is 3.79. The standard InChI is InChI=1S/C21H28N4O4S/c1-2-28-20(26)18-11-23-19(30-18)16-8-9-25(12-16)13-17(10-22)24-21(27)29-14-15-6-4-3-5-7-15/h3-7,11,16-17H,2,8-10,12-14,22H2,1H3,(H,24,27)/t16-,17-/m1/s1. The van der Waals surface area contributed by atoms with Crippen LogP contribution in [0.15, 0.2) is 36.5 Å². The lowest BCUT2D eigenvalue weighted by molar-refractivity contribution is 0.0531. The average Bonchev–Trinajstić information content (AvgIpc) is 3.42. The Bertz CT molecular complexity index is 829. The Kier molecular flexibility index (Phi) is 8.18. The summed E-state index contributed by atoms with van der Waals surface area (Å²) in [4.78, 5) is 31.1. The Balaban J connectivity index is 1.45. The van der Waals surface area contributed by atoms with Crippen molar-refractivity contribution in [2.75, 3.05) is 32.8 Å². The zero-order chi connectivity index (χ0) is 21.3. The van der Waals surface area contributed by atoms with Crippen LogP contribution in [0.4, 0.5) is 4.79 Å². The number of alkyl carbamates (subject to hydrolysis) is 1. The van der Waals surface area contributed by atoms with Gasteiger partial charge in [0, 0.05) is 25.6 Å². The third-order valence-corrected chi connectivity index (χ3v) is 6.06. The molecule has 2 heterocycles. The Morgan fingerprint density at radius 3 is 2.87 bits per heavy atom. The highest BCUT2D eigenvalue weighted by molar-refractivity contribution is 7.13. The van der Waals surface area contributed by atoms with Crippen molar-refractivity contribution in [2.24, 2.45) is 5.73 Å². The number of thiazole rings is 1. The normalized spacial score (nSPS) is 17.5. The fourth-order valence-corrected chi connectivity index (χ4v) is 4.33. The lowest BCUT2D eigenvalue weighted by atomic mass is 10.1. The summed E-state index contributed by atoms with van der Waals surface area (Å²) in [7, 11) is 0. The number of ether oxygens (including phenoxy) is 2. The van der Waals surface area contributed by atoms with E-state index in [9.17, 15) is 9.59 Å². The molecule has 9 heteroatoms. The predicted octanol–water partition coefficient (Wildman–Crippen LogP) is 2.36. The van der Waals surface area contributed by atoms with Gasteiger partial charge < -0.3 is 25.4 Å². The summed E-state index contributed by atoms with van der Waals surface area (Å²) < 4.78 is 10.3. The molecule has 0 unspecified atom stereocenters. The van der Waals surface area contributed by atoms with Gasteiger partial charge in [-0.2, -0.15) is 0 Å². The molecule has 0 bridgehead atoms. The fraction of sp³-hybridized carbons (Fsp3) is 0.476. The maximum absolute atomic E-state index is 12.1. The van der Waals surface area contributed by atoms with Crippen molar-refractivity contribution in [1.29, 1.82) is 0 Å². The number of benzene rings is 1. The van der Waals surface area contributed by atoms with Gasteiger partial charge in [-0.25, -0.2) is 14.6 Å². The predicted molar refractivity (Wildman–Crippen MR) is 114 cm³/mol. The number of aromatic nitrogens is 1. The van der Waals surface area contributed by atoms with Crippen LogP contribution in [-0.2, 0) is 16.1 Å². The molecule has 1 saturated heterocycles. The van der Waals surface area contributed by atoms with Gasteiger partial charge in [-0.05, 0) is 25.5 Å². The number of carbonyl (C=O) groups excluding carboxylic acids is 2. The van der Waals surface area contributed by atoms with Gasteiger partial charge in [0.15, 0.2) is 0 Å². The number of nitrogens with one attached hydrogen (secondary N) is 1. The largest absolute Gasteiger partial charge is 0.462 e. The van der Waals surface area contributed by atoms with Crippen LogP contribution in [0.2, 0.25) is 0 Å². The van der Waals surface area contributed by atoms with Crippen LogP contribution in [0.3, 0.4) is 0 Å². The number of nitrogens with zero attached hydrogens (tertiary/aromatic N) is 2. The number of hydrogen-bond donors (Lipinski definition) is 2. The summed E-state index contributed by atoms with van der Waals surface area (Å²) in [5.74, 6) is -0.0563. The van der Waals surface area contributed by atoms with Crippen LogP contribution >= 0.6 is 11.3 Å². The SMILES string of the molecule is CCOC(=O)c1cnc([C@@H]2CCN(C[C@@H](CN)NC(=O)OCc3ccccc3)C2)s1. The molecule has 3 rings (SSSR count). The molecular formula is C21H28N4O4S. The Morgan fingerprint density at radius 2 is 2.13 bits per heavy atom. The molecule has 0 saturated carbocycles. The van der Waals surface area contributed by atoms with E-state index in [1.165, 1.54) is 11.3 Å². The van der Waals surface area contributed by atoms with Gasteiger partial charge in [-0.1, -0.05) is 30.3 Å². The molecule has 3 N–H and O–H groups in total. The molecule has 1 aliphatic heterocycles. The first-order chi connectivity index (χ1) is 14.6. The van der Waals surface area contributed by atoms with Crippen LogP contribution in [0.1, 0.15) is 39.5 Å². The maximum Gasteiger partial charge on any atom is 0.407 e. The number of rotatable bonds is 9. The fourth-order valence-electron chi connectivity index (χ4n) is 3.40. The molecule has 1 amide bonds. The van der Waals surface area contributed by atoms with E-state index >= 15 is 0 Å². The molecule has 1 aromatic carbocycles. The van der Waals surface area contributed by atoms with Gasteiger partial charge in [0.25, 0.3) is 0 Å². The van der Waals surface area contributed by atoms with Crippen LogP contribution in [0.25, 0.3) is 0 Å². The van der Waals surface area contributed by atoms with Gasteiger partial charge in [0.2, 0.25) is 0 Å². The van der Waals surface area contributed by atoms with Crippen LogP contribution in [0.5, 0.6) is 0 Å². The zero-order valence-electron chi connectivity index (χ0n) is 17.1. The smallest absolute Gasteiger partial charge is 0.407 e. The van der Waals surface area contributed by atoms with E-state index in [2.05, 4.69) is 15.2 Å². The highest BCUT2D eigenvalue weighted by atomic mass is 32.1. The van der Waals surface area contributed by atoms with Crippen molar-refractivity contribution < 1.29 is 19.1 Å². The van der Waals surface area contributed by atoms with E-state index in [0.717, 1.165) is 30.1 Å². The van der Waals surface area contributed by atoms with Crippen molar-refractivity contribution in [2.45, 2.75) is 31.9 Å². The first-order valence-corrected chi connectivity index (χ1v) is 10.9. The molecule has 1 aromatic heterocycles. The highest BCUT2D eigenvalue weighted by Gasteiger charge is 2.28. The topological polar surface area (TPSA) is 107 Å². The minimum Gasteiger partial charge on any atom is -0.462 e. The van der Waals surface area contributed by atoms with Gasteiger partial charge in [0.1, 0.15) is 11.5 Å². The van der Waals surface area contributed by atoms with Crippen LogP contribution in [0, 0.1) is 0 Å². The summed E-state index contributed by atoms with van der Waals surface area (Å²) in [6.45, 7) is 5.03. The molecule has 2 atom stereocenters. The molecule has 1 fully saturated rings. The molecule has 2 aromatic rings. The molecule has 0 aliphatic carbocycles. The highest BCUT2D eigenvalue weighted by Crippen LogP contribution is 2.30. The van der Waals surface area contributed by atoms with Crippen molar-refractivity contribution in [3.63, 3.8) is 0 Å². The van der Waals surface area contributed by atoms with Gasteiger partial charge in [0.05, 0.1) is 23.9 Å². The Morgan fingerprint density at radius 1 is 1.33 bits per heavy atom. The minimum atomic E-state index is -0.468. The Hall–Kier alpha value is -2.49. The lowest BCUT2D eigenvalue weighted by Crippen LogP contribution is -2.47. The summed E-state index contributed by atoms with van der Waals surface area (Å²) in [5.41, 5.74) is 6.79. The van der Waals surface area contributed by atoms with Gasteiger partial charge in [-0.15, -0.1) is 11.3 Å². The summed E-state index contributed by atoms with van der Waals surface area (Å²) >= 11 is 1.39. The minimum absolute atomic E-state index is 0.196. The van der Waals surface area contributed by atoms with E-state index in [1.54, 1.807) is 13.1 Å². The quantitative estimate of drug-likeness (QED) is 0.586. The van der Waals surface area contributed by atoms with E-state index < -0.39 is 6.09 Å². The number of carbonyl (C=O) groups is 2. The second kappa shape index (κ2) is 11.1. The first kappa shape index (κ1) is 22.2. The van der Waals surface area contributed by atoms with E-state index in [0.29, 0.717) is 24.6 Å². The number of nitrogens with two attached hydrogens (primary N) is 1. The van der Waals surface area contributed by atoms with E-state index in [-0.39, 0.29) is 24.5 Å². The Labute approximate surface area is 180 Å². The van der Waals surface area contributed by atoms with Crippen molar-refractivity contribution in [3.8, 4) is 0 Å². The monoisotopic (exact) mass is 432 g/mol. The molecule has 8 nitrogen and oxygen atoms in total. The maximum atomic E-state index is 12.1. The van der Waals surface area contributed by atoms with E-state index in [1.807, 2.05) is 30.3 Å². The second-order valence-corrected chi connectivity index (χ2v) is 8.23. The zero-order valence-corrected chi connectivity index (χ0v) is 17.9. The number of hydrogen-bond acceptors (Lipinski definition) is 8. The van der Waals surface area contributed by atoms with Gasteiger partial charge in [-0.3, -0.25) is 0 Å². The van der Waals surface area contributed by atoms with Crippen molar-refractivity contribution >= 4 is 23.4 Å². The molecule has 0 spiro atoms. The van der Waals surface area contributed by atoms with E-state index in [4.69, 9.17) is 15.2 Å². The number of esters is 1. The summed E-state index contributed by atoms with van der Waals surface area (Å²) in [6.07, 6.45) is 2.07. The third kappa shape index (κ3) is 6.25. The molecular weight excluding hydrogens is 404 g/mol. The van der Waals surface area contributed by atoms with Gasteiger partial charge >= 0.3 is 12.1 Å². The number of amides is 1. The van der Waals surface area contributed by atoms with Crippen LogP contribution in [-0.4, -0.2) is 60.8 Å². The first-order valence-electron chi connectivity index (χ1n) is 10.1. The van der Waals surface area contributed by atoms with Crippen molar-refractivity contribution in [1.82, 2.24) is 15.2 Å². The molecule has 30 heavy (non-hydrogen) atoms. The number of likely N-dealkylation sites (tertiary alicyclic amines) is 1. The molecule has 162 valence electrons.